The molecule has 2 aromatic heterocycles. The van der Waals surface area contributed by atoms with E-state index in [2.05, 4.69) is 15.0 Å². The summed E-state index contributed by atoms with van der Waals surface area (Å²) in [6, 6.07) is 1.99. The van der Waals surface area contributed by atoms with Gasteiger partial charge in [-0.1, -0.05) is 13.8 Å². The van der Waals surface area contributed by atoms with Gasteiger partial charge in [0.2, 0.25) is 0 Å². The molecule has 1 N–H and O–H groups in total. The van der Waals surface area contributed by atoms with Gasteiger partial charge >= 0.3 is 0 Å². The van der Waals surface area contributed by atoms with Crippen molar-refractivity contribution in [1.29, 1.82) is 0 Å². The Morgan fingerprint density at radius 1 is 1.29 bits per heavy atom. The van der Waals surface area contributed by atoms with Crippen molar-refractivity contribution in [2.45, 2.75) is 26.7 Å². The number of H-pyrrole nitrogens is 1. The number of hydrogen-bond acceptors (Lipinski definition) is 3. The number of nitrogens with zero attached hydrogens (tertiary/aromatic N) is 2. The number of aryl methyl sites for hydroxylation is 1. The second-order valence-corrected chi connectivity index (χ2v) is 4.40. The minimum Gasteiger partial charge on any atom is -0.313 e. The van der Waals surface area contributed by atoms with E-state index in [1.54, 1.807) is 12.4 Å². The van der Waals surface area contributed by atoms with Gasteiger partial charge < -0.3 is 4.98 Å². The Morgan fingerprint density at radius 3 is 2.71 bits per heavy atom. The van der Waals surface area contributed by atoms with E-state index in [1.165, 1.54) is 6.33 Å². The third kappa shape index (κ3) is 2.25. The fraction of sp³-hybridized carbons (Fsp3) is 0.308. The molecular formula is C13H15N3O. The third-order valence-corrected chi connectivity index (χ3v) is 2.61. The molecule has 0 radical (unpaired) electrons. The molecule has 2 heterocycles. The maximum Gasteiger partial charge on any atom is 0.254 e. The minimum atomic E-state index is -0.0773. The molecule has 0 saturated carbocycles. The lowest BCUT2D eigenvalue weighted by atomic mass is 9.99. The van der Waals surface area contributed by atoms with Crippen molar-refractivity contribution in [2.75, 3.05) is 0 Å². The van der Waals surface area contributed by atoms with Crippen LogP contribution in [-0.4, -0.2) is 15.0 Å². The second kappa shape index (κ2) is 4.49. The van der Waals surface area contributed by atoms with Gasteiger partial charge in [0.25, 0.3) is 5.56 Å². The van der Waals surface area contributed by atoms with Gasteiger partial charge in [0.1, 0.15) is 0 Å². The highest BCUT2D eigenvalue weighted by Crippen LogP contribution is 2.23. The molecule has 88 valence electrons. The summed E-state index contributed by atoms with van der Waals surface area (Å²) in [5, 5.41) is 0. The molecule has 0 aliphatic rings. The van der Waals surface area contributed by atoms with Gasteiger partial charge in [0.15, 0.2) is 0 Å². The third-order valence-electron chi connectivity index (χ3n) is 2.61. The molecule has 0 atom stereocenters. The summed E-state index contributed by atoms with van der Waals surface area (Å²) < 4.78 is 0. The Labute approximate surface area is 99.8 Å². The van der Waals surface area contributed by atoms with E-state index in [-0.39, 0.29) is 11.5 Å². The summed E-state index contributed by atoms with van der Waals surface area (Å²) >= 11 is 0. The first kappa shape index (κ1) is 11.5. The lowest BCUT2D eigenvalue weighted by molar-refractivity contribution is 0.833. The number of hydrogen-bond donors (Lipinski definition) is 1. The van der Waals surface area contributed by atoms with Crippen molar-refractivity contribution in [3.63, 3.8) is 0 Å². The van der Waals surface area contributed by atoms with Crippen LogP contribution in [0.15, 0.2) is 29.6 Å². The monoisotopic (exact) mass is 229 g/mol. The van der Waals surface area contributed by atoms with Gasteiger partial charge in [-0.05, 0) is 24.5 Å². The van der Waals surface area contributed by atoms with Gasteiger partial charge in [-0.3, -0.25) is 9.78 Å². The molecule has 0 saturated heterocycles. The molecule has 4 heteroatoms. The highest BCUT2D eigenvalue weighted by atomic mass is 16.1. The van der Waals surface area contributed by atoms with Crippen molar-refractivity contribution in [1.82, 2.24) is 15.0 Å². The average molecular weight is 229 g/mol. The van der Waals surface area contributed by atoms with Crippen LogP contribution in [0.1, 0.15) is 30.9 Å². The van der Waals surface area contributed by atoms with Gasteiger partial charge in [-0.2, -0.15) is 0 Å². The SMILES string of the molecule is Cc1cncc(-c2nc[nH]c(=O)c2C(C)C)c1. The Bertz CT molecular complexity index is 587. The van der Waals surface area contributed by atoms with Crippen molar-refractivity contribution in [3.8, 4) is 11.3 Å². The molecule has 2 rings (SSSR count). The molecule has 2 aromatic rings. The predicted molar refractivity (Wildman–Crippen MR) is 66.9 cm³/mol. The van der Waals surface area contributed by atoms with Crippen LogP contribution in [0, 0.1) is 6.92 Å². The van der Waals surface area contributed by atoms with Crippen LogP contribution in [0.5, 0.6) is 0 Å². The first-order valence-corrected chi connectivity index (χ1v) is 5.59. The van der Waals surface area contributed by atoms with Crippen molar-refractivity contribution < 1.29 is 0 Å². The molecule has 0 aromatic carbocycles. The van der Waals surface area contributed by atoms with Gasteiger partial charge in [0, 0.05) is 23.5 Å². The van der Waals surface area contributed by atoms with Crippen molar-refractivity contribution in [3.05, 3.63) is 46.3 Å². The van der Waals surface area contributed by atoms with Crippen LogP contribution >= 0.6 is 0 Å². The predicted octanol–water partition coefficient (Wildman–Crippen LogP) is 2.26. The molecule has 0 fully saturated rings. The largest absolute Gasteiger partial charge is 0.313 e. The zero-order valence-electron chi connectivity index (χ0n) is 10.2. The van der Waals surface area contributed by atoms with Crippen LogP contribution in [0.25, 0.3) is 11.3 Å². The molecule has 0 unspecified atom stereocenters. The summed E-state index contributed by atoms with van der Waals surface area (Å²) in [7, 11) is 0. The lowest BCUT2D eigenvalue weighted by Gasteiger charge is -2.10. The molecule has 0 aliphatic heterocycles. The normalized spacial score (nSPS) is 10.8. The Kier molecular flexibility index (Phi) is 3.04. The maximum atomic E-state index is 11.8. The van der Waals surface area contributed by atoms with Crippen LogP contribution in [-0.2, 0) is 0 Å². The van der Waals surface area contributed by atoms with E-state index in [0.29, 0.717) is 5.56 Å². The average Bonchev–Trinajstić information content (AvgIpc) is 2.28. The molecule has 0 amide bonds. The Balaban J connectivity index is 2.67. The lowest BCUT2D eigenvalue weighted by Crippen LogP contribution is -2.16. The van der Waals surface area contributed by atoms with E-state index in [4.69, 9.17) is 0 Å². The quantitative estimate of drug-likeness (QED) is 0.859. The molecule has 17 heavy (non-hydrogen) atoms. The van der Waals surface area contributed by atoms with Crippen LogP contribution in [0.4, 0.5) is 0 Å². The zero-order chi connectivity index (χ0) is 12.4. The fourth-order valence-corrected chi connectivity index (χ4v) is 1.86. The molecule has 0 aliphatic carbocycles. The minimum absolute atomic E-state index is 0.0773. The smallest absolute Gasteiger partial charge is 0.254 e. The topological polar surface area (TPSA) is 58.6 Å². The highest BCUT2D eigenvalue weighted by Gasteiger charge is 2.14. The number of aromatic nitrogens is 3. The number of aromatic amines is 1. The van der Waals surface area contributed by atoms with Crippen LogP contribution in [0.2, 0.25) is 0 Å². The van der Waals surface area contributed by atoms with E-state index >= 15 is 0 Å². The Hall–Kier alpha value is -1.97. The zero-order valence-corrected chi connectivity index (χ0v) is 10.2. The first-order valence-electron chi connectivity index (χ1n) is 5.59. The molecular weight excluding hydrogens is 214 g/mol. The van der Waals surface area contributed by atoms with Gasteiger partial charge in [-0.25, -0.2) is 4.98 Å². The van der Waals surface area contributed by atoms with Gasteiger partial charge in [-0.15, -0.1) is 0 Å². The van der Waals surface area contributed by atoms with Crippen LogP contribution in [0.3, 0.4) is 0 Å². The van der Waals surface area contributed by atoms with Gasteiger partial charge in [0.05, 0.1) is 12.0 Å². The summed E-state index contributed by atoms with van der Waals surface area (Å²) in [5.41, 5.74) is 3.30. The van der Waals surface area contributed by atoms with Crippen molar-refractivity contribution >= 4 is 0 Å². The summed E-state index contributed by atoms with van der Waals surface area (Å²) in [5.74, 6) is 0.128. The Morgan fingerprint density at radius 2 is 2.06 bits per heavy atom. The molecule has 0 bridgehead atoms. The fourth-order valence-electron chi connectivity index (χ4n) is 1.86. The first-order chi connectivity index (χ1) is 8.09. The second-order valence-electron chi connectivity index (χ2n) is 4.40. The maximum absolute atomic E-state index is 11.8. The van der Waals surface area contributed by atoms with Crippen LogP contribution < -0.4 is 5.56 Å². The number of rotatable bonds is 2. The molecule has 0 spiro atoms. The van der Waals surface area contributed by atoms with E-state index in [1.807, 2.05) is 26.8 Å². The molecule has 4 nitrogen and oxygen atoms in total. The van der Waals surface area contributed by atoms with E-state index in [0.717, 1.165) is 16.8 Å². The summed E-state index contributed by atoms with van der Waals surface area (Å²) in [6.45, 7) is 5.94. The summed E-state index contributed by atoms with van der Waals surface area (Å²) in [6.07, 6.45) is 4.96. The van der Waals surface area contributed by atoms with Crippen molar-refractivity contribution in [2.24, 2.45) is 0 Å². The highest BCUT2D eigenvalue weighted by molar-refractivity contribution is 5.62. The van der Waals surface area contributed by atoms with E-state index < -0.39 is 0 Å². The number of pyridine rings is 1. The van der Waals surface area contributed by atoms with E-state index in [9.17, 15) is 4.79 Å². The summed E-state index contributed by atoms with van der Waals surface area (Å²) in [4.78, 5) is 22.9. The number of nitrogens with one attached hydrogen (secondary N) is 1. The standard InChI is InChI=1S/C13H15N3O/c1-8(2)11-12(15-7-16-13(11)17)10-4-9(3)5-14-6-10/h4-8H,1-3H3,(H,15,16,17).